The van der Waals surface area contributed by atoms with Gasteiger partial charge in [0.05, 0.1) is 32.1 Å². The van der Waals surface area contributed by atoms with E-state index in [4.69, 9.17) is 4.42 Å². The van der Waals surface area contributed by atoms with Crippen LogP contribution >= 0.6 is 0 Å². The van der Waals surface area contributed by atoms with E-state index >= 15 is 0 Å². The molecule has 2 heterocycles. The van der Waals surface area contributed by atoms with Crippen LogP contribution in [0.25, 0.3) is 6.08 Å². The third kappa shape index (κ3) is 3.56. The number of fused-ring (bicyclic) bond motifs is 1. The van der Waals surface area contributed by atoms with E-state index in [9.17, 15) is 14.4 Å². The van der Waals surface area contributed by atoms with Crippen LogP contribution in [0.15, 0.2) is 41.0 Å². The van der Waals surface area contributed by atoms with Crippen molar-refractivity contribution in [2.75, 3.05) is 20.6 Å². The van der Waals surface area contributed by atoms with E-state index in [0.29, 0.717) is 22.7 Å². The molecule has 3 N–H and O–H groups in total. The number of Topliss-reactive ketones (excluding diaryl/α,β-unsaturated/α-hetero) is 1. The molecule has 0 aliphatic carbocycles. The second-order valence-electron chi connectivity index (χ2n) is 6.12. The Morgan fingerprint density at radius 3 is 2.76 bits per heavy atom. The number of furan rings is 1. The highest BCUT2D eigenvalue weighted by Crippen LogP contribution is 2.09. The molecular formula is C18H19N3O4+2. The van der Waals surface area contributed by atoms with Gasteiger partial charge in [-0.1, -0.05) is 0 Å². The van der Waals surface area contributed by atoms with Crippen LogP contribution in [0.2, 0.25) is 0 Å². The molecule has 1 atom stereocenters. The quantitative estimate of drug-likeness (QED) is 0.492. The number of nitrogens with one attached hydrogen (secondary N) is 3. The van der Waals surface area contributed by atoms with Gasteiger partial charge >= 0.3 is 5.91 Å². The van der Waals surface area contributed by atoms with Crippen LogP contribution in [-0.4, -0.2) is 38.2 Å². The van der Waals surface area contributed by atoms with E-state index in [1.807, 2.05) is 26.2 Å². The second kappa shape index (κ2) is 6.82. The number of hydrogen-bond donors (Lipinski definition) is 3. The molecule has 25 heavy (non-hydrogen) atoms. The monoisotopic (exact) mass is 341 g/mol. The first kappa shape index (κ1) is 16.8. The summed E-state index contributed by atoms with van der Waals surface area (Å²) in [5.74, 6) is -0.746. The van der Waals surface area contributed by atoms with E-state index in [2.05, 4.69) is 10.3 Å². The highest BCUT2D eigenvalue weighted by Gasteiger charge is 2.23. The Kier molecular flexibility index (Phi) is 4.58. The number of ketones is 1. The van der Waals surface area contributed by atoms with Crippen LogP contribution in [-0.2, 0) is 9.59 Å². The highest BCUT2D eigenvalue weighted by atomic mass is 16.3. The van der Waals surface area contributed by atoms with Crippen molar-refractivity contribution in [3.63, 3.8) is 0 Å². The lowest BCUT2D eigenvalue weighted by molar-refractivity contribution is -0.891. The molecule has 0 saturated heterocycles. The number of likely N-dealkylation sites (N-methyl/N-ethyl adjacent to an activating group) is 1. The Labute approximate surface area is 143 Å². The van der Waals surface area contributed by atoms with E-state index in [-0.39, 0.29) is 11.9 Å². The van der Waals surface area contributed by atoms with Gasteiger partial charge in [-0.2, -0.15) is 4.99 Å². The maximum Gasteiger partial charge on any atom is 0.458 e. The van der Waals surface area contributed by atoms with Gasteiger partial charge in [-0.15, -0.1) is 0 Å². The zero-order valence-electron chi connectivity index (χ0n) is 14.0. The molecule has 0 unspecified atom stereocenters. The van der Waals surface area contributed by atoms with E-state index in [0.717, 1.165) is 10.7 Å². The van der Waals surface area contributed by atoms with Crippen molar-refractivity contribution in [2.45, 2.75) is 6.04 Å². The zero-order valence-corrected chi connectivity index (χ0v) is 14.0. The van der Waals surface area contributed by atoms with Crippen LogP contribution in [0.4, 0.5) is 0 Å². The van der Waals surface area contributed by atoms with Gasteiger partial charge < -0.3 is 14.6 Å². The minimum atomic E-state index is -0.667. The molecule has 1 aliphatic heterocycles. The summed E-state index contributed by atoms with van der Waals surface area (Å²) >= 11 is 0. The molecule has 2 aromatic rings. The Balaban J connectivity index is 1.77. The molecule has 0 saturated carbocycles. The SMILES string of the molecule is C[NH+](C)[C@H](CNC(=O)c1ccc2c(c1)=CC(=O)C(=O)[NH+]=2)c1ccco1. The summed E-state index contributed by atoms with van der Waals surface area (Å²) in [6.07, 6.45) is 2.85. The molecule has 1 aliphatic rings. The minimum absolute atomic E-state index is 0.0102. The molecule has 0 bridgehead atoms. The maximum atomic E-state index is 12.4. The Bertz CT molecular complexity index is 945. The fourth-order valence-electron chi connectivity index (χ4n) is 2.70. The van der Waals surface area contributed by atoms with Crippen LogP contribution in [0.1, 0.15) is 22.2 Å². The fraction of sp³-hybridized carbons (Fsp3) is 0.222. The molecular weight excluding hydrogens is 322 g/mol. The number of rotatable bonds is 5. The van der Waals surface area contributed by atoms with Crippen molar-refractivity contribution in [1.29, 1.82) is 0 Å². The van der Waals surface area contributed by atoms with E-state index < -0.39 is 11.7 Å². The van der Waals surface area contributed by atoms with Gasteiger partial charge in [-0.25, -0.2) is 4.79 Å². The number of hydrogen-bond acceptors (Lipinski definition) is 4. The van der Waals surface area contributed by atoms with Crippen LogP contribution < -0.4 is 25.8 Å². The number of benzene rings is 1. The summed E-state index contributed by atoms with van der Waals surface area (Å²) < 4.78 is 5.44. The Hall–Kier alpha value is -3.06. The van der Waals surface area contributed by atoms with Gasteiger partial charge in [0, 0.05) is 17.7 Å². The molecule has 0 radical (unpaired) electrons. The largest absolute Gasteiger partial charge is 0.463 e. The second-order valence-corrected chi connectivity index (χ2v) is 6.12. The summed E-state index contributed by atoms with van der Waals surface area (Å²) in [6.45, 7) is 0.408. The van der Waals surface area contributed by atoms with Crippen molar-refractivity contribution in [1.82, 2.24) is 5.32 Å². The third-order valence-corrected chi connectivity index (χ3v) is 4.12. The van der Waals surface area contributed by atoms with Gasteiger partial charge in [0.2, 0.25) is 5.36 Å². The average molecular weight is 341 g/mol. The fourth-order valence-corrected chi connectivity index (χ4v) is 2.70. The van der Waals surface area contributed by atoms with Gasteiger partial charge in [0.1, 0.15) is 0 Å². The lowest BCUT2D eigenvalue weighted by atomic mass is 10.1. The topological polar surface area (TPSA) is 94.8 Å². The predicted octanol–water partition coefficient (Wildman–Crippen LogP) is -3.51. The van der Waals surface area contributed by atoms with E-state index in [1.54, 1.807) is 24.5 Å². The smallest absolute Gasteiger partial charge is 0.458 e. The average Bonchev–Trinajstić information content (AvgIpc) is 3.09. The predicted molar refractivity (Wildman–Crippen MR) is 86.8 cm³/mol. The molecule has 128 valence electrons. The van der Waals surface area contributed by atoms with Crippen LogP contribution in [0.3, 0.4) is 0 Å². The first-order valence-corrected chi connectivity index (χ1v) is 7.91. The summed E-state index contributed by atoms with van der Waals surface area (Å²) in [5.41, 5.74) is 0.422. The van der Waals surface area contributed by atoms with Crippen LogP contribution in [0, 0.1) is 0 Å². The van der Waals surface area contributed by atoms with Crippen molar-refractivity contribution in [3.05, 3.63) is 58.5 Å². The van der Waals surface area contributed by atoms with Crippen molar-refractivity contribution < 1.29 is 28.7 Å². The lowest BCUT2D eigenvalue weighted by Crippen LogP contribution is -3.07. The Morgan fingerprint density at radius 1 is 1.28 bits per heavy atom. The Morgan fingerprint density at radius 2 is 2.08 bits per heavy atom. The molecule has 0 spiro atoms. The highest BCUT2D eigenvalue weighted by molar-refractivity contribution is 6.44. The van der Waals surface area contributed by atoms with Crippen LogP contribution in [0.5, 0.6) is 0 Å². The first-order valence-electron chi connectivity index (χ1n) is 7.91. The van der Waals surface area contributed by atoms with Crippen molar-refractivity contribution in [3.8, 4) is 0 Å². The normalized spacial score (nSPS) is 14.5. The number of carbonyl (C=O) groups excluding carboxylic acids is 3. The van der Waals surface area contributed by atoms with Gasteiger partial charge in [-0.05, 0) is 24.3 Å². The van der Waals surface area contributed by atoms with Crippen molar-refractivity contribution in [2.24, 2.45) is 0 Å². The number of carbonyl (C=O) groups is 3. The van der Waals surface area contributed by atoms with Gasteiger partial charge in [-0.3, -0.25) is 9.59 Å². The lowest BCUT2D eigenvalue weighted by Gasteiger charge is -2.19. The molecule has 0 fully saturated rings. The maximum absolute atomic E-state index is 12.4. The standard InChI is InChI=1S/C18H17N3O4/c1-21(2)14(16-4-3-7-25-16)10-19-17(23)11-5-6-13-12(8-11)9-15(22)18(24)20-13/h3-9,14H,10H2,1-2H3,(H,19,23)/p+2/t14-/m1/s1. The summed E-state index contributed by atoms with van der Waals surface area (Å²) in [7, 11) is 3.98. The third-order valence-electron chi connectivity index (χ3n) is 4.12. The zero-order chi connectivity index (χ0) is 18.0. The number of amides is 2. The van der Waals surface area contributed by atoms with E-state index in [1.165, 1.54) is 6.08 Å². The molecule has 7 nitrogen and oxygen atoms in total. The minimum Gasteiger partial charge on any atom is -0.463 e. The molecule has 3 rings (SSSR count). The van der Waals surface area contributed by atoms with Crippen molar-refractivity contribution >= 4 is 23.7 Å². The van der Waals surface area contributed by atoms with Gasteiger partial charge in [0.15, 0.2) is 11.8 Å². The molecule has 7 heteroatoms. The summed E-state index contributed by atoms with van der Waals surface area (Å²) in [4.78, 5) is 38.9. The molecule has 1 aromatic carbocycles. The van der Waals surface area contributed by atoms with Gasteiger partial charge in [0.25, 0.3) is 11.7 Å². The summed E-state index contributed by atoms with van der Waals surface area (Å²) in [6, 6.07) is 8.51. The number of quaternary nitrogens is 1. The summed E-state index contributed by atoms with van der Waals surface area (Å²) in [5, 5.41) is 3.94. The molecule has 2 amide bonds. The molecule has 1 aromatic heterocycles. The first-order chi connectivity index (χ1) is 12.0.